The van der Waals surface area contributed by atoms with Crippen LogP contribution < -0.4 is 0 Å². The molecule has 1 rings (SSSR count). The SMILES string of the molecule is CCOCC(=O)c1cccnc1C. The van der Waals surface area contributed by atoms with Crippen molar-refractivity contribution in [3.63, 3.8) is 0 Å². The Balaban J connectivity index is 2.71. The van der Waals surface area contributed by atoms with Gasteiger partial charge < -0.3 is 4.74 Å². The number of aromatic nitrogens is 1. The van der Waals surface area contributed by atoms with Crippen LogP contribution in [0.4, 0.5) is 0 Å². The topological polar surface area (TPSA) is 39.2 Å². The molecule has 0 N–H and O–H groups in total. The Bertz CT molecular complexity index is 297. The smallest absolute Gasteiger partial charge is 0.190 e. The summed E-state index contributed by atoms with van der Waals surface area (Å²) in [4.78, 5) is 15.5. The van der Waals surface area contributed by atoms with E-state index < -0.39 is 0 Å². The molecule has 0 saturated heterocycles. The molecule has 0 bridgehead atoms. The van der Waals surface area contributed by atoms with Gasteiger partial charge in [-0.15, -0.1) is 0 Å². The van der Waals surface area contributed by atoms with Crippen LogP contribution in [0, 0.1) is 6.92 Å². The summed E-state index contributed by atoms with van der Waals surface area (Å²) in [6, 6.07) is 3.52. The molecular weight excluding hydrogens is 166 g/mol. The van der Waals surface area contributed by atoms with E-state index in [9.17, 15) is 4.79 Å². The van der Waals surface area contributed by atoms with Crippen molar-refractivity contribution < 1.29 is 9.53 Å². The van der Waals surface area contributed by atoms with E-state index in [1.165, 1.54) is 0 Å². The number of hydrogen-bond donors (Lipinski definition) is 0. The van der Waals surface area contributed by atoms with Crippen LogP contribution in [0.1, 0.15) is 23.0 Å². The average Bonchev–Trinajstić information content (AvgIpc) is 2.15. The summed E-state index contributed by atoms with van der Waals surface area (Å²) in [6.07, 6.45) is 1.67. The first-order valence-electron chi connectivity index (χ1n) is 4.28. The summed E-state index contributed by atoms with van der Waals surface area (Å²) in [5.74, 6) is -0.00699. The summed E-state index contributed by atoms with van der Waals surface area (Å²) in [5.41, 5.74) is 1.41. The molecule has 3 heteroatoms. The van der Waals surface area contributed by atoms with Crippen LogP contribution in [-0.4, -0.2) is 24.0 Å². The molecular formula is C10H13NO2. The van der Waals surface area contributed by atoms with Crippen molar-refractivity contribution >= 4 is 5.78 Å². The van der Waals surface area contributed by atoms with Crippen molar-refractivity contribution in [3.8, 4) is 0 Å². The number of aryl methyl sites for hydroxylation is 1. The van der Waals surface area contributed by atoms with E-state index in [-0.39, 0.29) is 12.4 Å². The fourth-order valence-corrected chi connectivity index (χ4v) is 1.05. The average molecular weight is 179 g/mol. The third-order valence-electron chi connectivity index (χ3n) is 1.74. The number of carbonyl (C=O) groups excluding carboxylic acids is 1. The molecule has 0 fully saturated rings. The summed E-state index contributed by atoms with van der Waals surface area (Å²) in [6.45, 7) is 4.39. The van der Waals surface area contributed by atoms with Gasteiger partial charge in [0.2, 0.25) is 0 Å². The number of hydrogen-bond acceptors (Lipinski definition) is 3. The number of pyridine rings is 1. The lowest BCUT2D eigenvalue weighted by molar-refractivity contribution is 0.0782. The van der Waals surface area contributed by atoms with Gasteiger partial charge in [0.15, 0.2) is 5.78 Å². The number of rotatable bonds is 4. The molecule has 0 aliphatic carbocycles. The molecule has 0 unspecified atom stereocenters. The molecule has 3 nitrogen and oxygen atoms in total. The maximum atomic E-state index is 11.5. The maximum absolute atomic E-state index is 11.5. The first kappa shape index (κ1) is 9.86. The zero-order valence-electron chi connectivity index (χ0n) is 7.91. The maximum Gasteiger partial charge on any atom is 0.190 e. The highest BCUT2D eigenvalue weighted by molar-refractivity contribution is 5.97. The molecule has 1 aromatic heterocycles. The van der Waals surface area contributed by atoms with Gasteiger partial charge in [-0.25, -0.2) is 0 Å². The van der Waals surface area contributed by atoms with Gasteiger partial charge in [0, 0.05) is 24.1 Å². The van der Waals surface area contributed by atoms with Crippen molar-refractivity contribution in [2.24, 2.45) is 0 Å². The van der Waals surface area contributed by atoms with Crippen LogP contribution in [0.25, 0.3) is 0 Å². The van der Waals surface area contributed by atoms with Crippen molar-refractivity contribution in [2.75, 3.05) is 13.2 Å². The molecule has 0 saturated carbocycles. The second-order valence-electron chi connectivity index (χ2n) is 2.70. The van der Waals surface area contributed by atoms with E-state index in [2.05, 4.69) is 4.98 Å². The van der Waals surface area contributed by atoms with Gasteiger partial charge in [-0.2, -0.15) is 0 Å². The van der Waals surface area contributed by atoms with Gasteiger partial charge in [-0.3, -0.25) is 9.78 Å². The van der Waals surface area contributed by atoms with E-state index in [4.69, 9.17) is 4.74 Å². The minimum atomic E-state index is -0.00699. The molecule has 1 heterocycles. The fraction of sp³-hybridized carbons (Fsp3) is 0.400. The Morgan fingerprint density at radius 3 is 3.00 bits per heavy atom. The number of ketones is 1. The highest BCUT2D eigenvalue weighted by Gasteiger charge is 2.08. The predicted molar refractivity (Wildman–Crippen MR) is 49.8 cm³/mol. The highest BCUT2D eigenvalue weighted by Crippen LogP contribution is 2.04. The van der Waals surface area contributed by atoms with Crippen LogP contribution in [0.15, 0.2) is 18.3 Å². The number of ether oxygens (including phenoxy) is 1. The molecule has 0 atom stereocenters. The molecule has 0 aromatic carbocycles. The first-order chi connectivity index (χ1) is 6.25. The minimum Gasteiger partial charge on any atom is -0.374 e. The molecule has 70 valence electrons. The second-order valence-corrected chi connectivity index (χ2v) is 2.70. The van der Waals surface area contributed by atoms with Gasteiger partial charge in [-0.1, -0.05) is 0 Å². The molecule has 13 heavy (non-hydrogen) atoms. The van der Waals surface area contributed by atoms with Crippen molar-refractivity contribution in [2.45, 2.75) is 13.8 Å². The Hall–Kier alpha value is -1.22. The quantitative estimate of drug-likeness (QED) is 0.659. The van der Waals surface area contributed by atoms with E-state index in [1.807, 2.05) is 13.8 Å². The van der Waals surface area contributed by atoms with Crippen LogP contribution >= 0.6 is 0 Å². The Morgan fingerprint density at radius 1 is 1.62 bits per heavy atom. The van der Waals surface area contributed by atoms with Crippen molar-refractivity contribution in [1.82, 2.24) is 4.98 Å². The van der Waals surface area contributed by atoms with Gasteiger partial charge in [0.05, 0.1) is 0 Å². The highest BCUT2D eigenvalue weighted by atomic mass is 16.5. The largest absolute Gasteiger partial charge is 0.374 e. The molecule has 0 spiro atoms. The zero-order chi connectivity index (χ0) is 9.68. The van der Waals surface area contributed by atoms with E-state index in [0.717, 1.165) is 5.69 Å². The van der Waals surface area contributed by atoms with Crippen LogP contribution in [0.3, 0.4) is 0 Å². The number of nitrogens with zero attached hydrogens (tertiary/aromatic N) is 1. The lowest BCUT2D eigenvalue weighted by atomic mass is 10.1. The molecule has 0 aliphatic heterocycles. The molecule has 1 aromatic rings. The minimum absolute atomic E-state index is 0.00699. The number of Topliss-reactive ketones (excluding diaryl/α,β-unsaturated/α-hetero) is 1. The van der Waals surface area contributed by atoms with Crippen molar-refractivity contribution in [3.05, 3.63) is 29.6 Å². The van der Waals surface area contributed by atoms with Gasteiger partial charge in [0.25, 0.3) is 0 Å². The van der Waals surface area contributed by atoms with Gasteiger partial charge in [0.1, 0.15) is 6.61 Å². The summed E-state index contributed by atoms with van der Waals surface area (Å²) < 4.78 is 5.03. The monoisotopic (exact) mass is 179 g/mol. The molecule has 0 amide bonds. The van der Waals surface area contributed by atoms with Crippen LogP contribution in [0.2, 0.25) is 0 Å². The van der Waals surface area contributed by atoms with E-state index in [0.29, 0.717) is 12.2 Å². The lowest BCUT2D eigenvalue weighted by Gasteiger charge is -2.02. The Labute approximate surface area is 77.8 Å². The van der Waals surface area contributed by atoms with Gasteiger partial charge >= 0.3 is 0 Å². The zero-order valence-corrected chi connectivity index (χ0v) is 7.91. The van der Waals surface area contributed by atoms with Crippen LogP contribution in [0.5, 0.6) is 0 Å². The first-order valence-corrected chi connectivity index (χ1v) is 4.28. The summed E-state index contributed by atoms with van der Waals surface area (Å²) in [7, 11) is 0. The van der Waals surface area contributed by atoms with Gasteiger partial charge in [-0.05, 0) is 26.0 Å². The predicted octanol–water partition coefficient (Wildman–Crippen LogP) is 1.61. The third kappa shape index (κ3) is 2.63. The van der Waals surface area contributed by atoms with E-state index >= 15 is 0 Å². The Morgan fingerprint density at radius 2 is 2.38 bits per heavy atom. The van der Waals surface area contributed by atoms with E-state index in [1.54, 1.807) is 18.3 Å². The molecule has 0 aliphatic rings. The number of carbonyl (C=O) groups is 1. The van der Waals surface area contributed by atoms with Crippen LogP contribution in [-0.2, 0) is 4.74 Å². The lowest BCUT2D eigenvalue weighted by Crippen LogP contribution is -2.10. The summed E-state index contributed by atoms with van der Waals surface area (Å²) in [5, 5.41) is 0. The second kappa shape index (κ2) is 4.72. The van der Waals surface area contributed by atoms with Crippen molar-refractivity contribution in [1.29, 1.82) is 0 Å². The third-order valence-corrected chi connectivity index (χ3v) is 1.74. The normalized spacial score (nSPS) is 10.0. The standard InChI is InChI=1S/C10H13NO2/c1-3-13-7-10(12)9-5-4-6-11-8(9)2/h4-6H,3,7H2,1-2H3. The molecule has 0 radical (unpaired) electrons. The Kier molecular flexibility index (Phi) is 3.58. The summed E-state index contributed by atoms with van der Waals surface area (Å²) >= 11 is 0. The fourth-order valence-electron chi connectivity index (χ4n) is 1.05.